The van der Waals surface area contributed by atoms with Crippen molar-refractivity contribution in [1.82, 2.24) is 16.0 Å². The summed E-state index contributed by atoms with van der Waals surface area (Å²) in [7, 11) is 4.27. The molecule has 4 rings (SSSR count). The Bertz CT molecular complexity index is 1480. The van der Waals surface area contributed by atoms with Crippen LogP contribution in [0.3, 0.4) is 0 Å². The molecule has 0 radical (unpaired) electrons. The molecular weight excluding hydrogens is 554 g/mol. The third-order valence-electron chi connectivity index (χ3n) is 7.12. The first-order valence-corrected chi connectivity index (χ1v) is 13.7. The molecule has 11 heteroatoms. The maximum absolute atomic E-state index is 13.5. The van der Waals surface area contributed by atoms with Gasteiger partial charge in [0, 0.05) is 12.8 Å². The van der Waals surface area contributed by atoms with Gasteiger partial charge >= 0.3 is 12.1 Å². The molecule has 4 bridgehead atoms. The molecule has 0 saturated carbocycles. The number of hydrogen-bond donors (Lipinski definition) is 3. The maximum Gasteiger partial charge on any atom is 0.408 e. The number of esters is 1. The first-order valence-electron chi connectivity index (χ1n) is 13.7. The molecule has 1 aliphatic heterocycles. The van der Waals surface area contributed by atoms with Crippen molar-refractivity contribution in [2.75, 3.05) is 21.3 Å². The van der Waals surface area contributed by atoms with E-state index in [2.05, 4.69) is 16.0 Å². The summed E-state index contributed by atoms with van der Waals surface area (Å²) in [6, 6.07) is 16.9. The smallest absolute Gasteiger partial charge is 0.408 e. The predicted molar refractivity (Wildman–Crippen MR) is 157 cm³/mol. The van der Waals surface area contributed by atoms with Crippen LogP contribution in [0.1, 0.15) is 23.6 Å². The van der Waals surface area contributed by atoms with Gasteiger partial charge in [-0.3, -0.25) is 9.59 Å². The molecule has 1 heterocycles. The summed E-state index contributed by atoms with van der Waals surface area (Å²) in [4.78, 5) is 52.2. The molecule has 0 aliphatic carbocycles. The lowest BCUT2D eigenvalue weighted by Crippen LogP contribution is -2.55. The van der Waals surface area contributed by atoms with Crippen LogP contribution < -0.4 is 25.4 Å². The van der Waals surface area contributed by atoms with Gasteiger partial charge in [-0.15, -0.1) is 0 Å². The molecular formula is C32H35N3O8. The maximum atomic E-state index is 13.5. The van der Waals surface area contributed by atoms with Gasteiger partial charge in [-0.2, -0.15) is 0 Å². The zero-order valence-electron chi connectivity index (χ0n) is 24.5. The lowest BCUT2D eigenvalue weighted by atomic mass is 9.95. The molecule has 3 aromatic rings. The number of benzene rings is 3. The van der Waals surface area contributed by atoms with Crippen molar-refractivity contribution in [3.05, 3.63) is 83.4 Å². The largest absolute Gasteiger partial charge is 0.496 e. The van der Waals surface area contributed by atoms with Crippen LogP contribution in [-0.4, -0.2) is 63.3 Å². The summed E-state index contributed by atoms with van der Waals surface area (Å²) in [5, 5.41) is 7.94. The summed E-state index contributed by atoms with van der Waals surface area (Å²) < 4.78 is 21.4. The number of fused-ring (bicyclic) bond motifs is 5. The predicted octanol–water partition coefficient (Wildman–Crippen LogP) is 2.93. The number of carbonyl (C=O) groups excluding carboxylic acids is 4. The van der Waals surface area contributed by atoms with E-state index in [4.69, 9.17) is 18.9 Å². The number of alkyl carbamates (subject to hydrolysis) is 1. The highest BCUT2D eigenvalue weighted by Crippen LogP contribution is 2.31. The van der Waals surface area contributed by atoms with Gasteiger partial charge in [0.25, 0.3) is 0 Å². The fraction of sp³-hybridized carbons (Fsp3) is 0.312. The van der Waals surface area contributed by atoms with Crippen molar-refractivity contribution >= 4 is 23.9 Å². The van der Waals surface area contributed by atoms with Gasteiger partial charge in [-0.25, -0.2) is 9.59 Å². The second kappa shape index (κ2) is 14.2. The minimum absolute atomic E-state index is 0.00729. The Kier molecular flexibility index (Phi) is 10.2. The zero-order valence-corrected chi connectivity index (χ0v) is 24.5. The van der Waals surface area contributed by atoms with E-state index in [-0.39, 0.29) is 19.4 Å². The molecule has 0 fully saturated rings. The molecule has 3 amide bonds. The van der Waals surface area contributed by atoms with Crippen molar-refractivity contribution < 1.29 is 38.1 Å². The second-order valence-corrected chi connectivity index (χ2v) is 10.0. The molecule has 0 aromatic heterocycles. The van der Waals surface area contributed by atoms with Crippen molar-refractivity contribution in [2.24, 2.45) is 0 Å². The highest BCUT2D eigenvalue weighted by molar-refractivity contribution is 5.93. The Labute approximate surface area is 249 Å². The number of hydrogen-bond acceptors (Lipinski definition) is 8. The average molecular weight is 590 g/mol. The Morgan fingerprint density at radius 2 is 1.42 bits per heavy atom. The number of amides is 3. The van der Waals surface area contributed by atoms with E-state index in [0.29, 0.717) is 22.6 Å². The molecule has 0 unspecified atom stereocenters. The van der Waals surface area contributed by atoms with E-state index in [1.54, 1.807) is 12.1 Å². The van der Waals surface area contributed by atoms with Gasteiger partial charge in [-0.05, 0) is 59.0 Å². The highest BCUT2D eigenvalue weighted by atomic mass is 16.5. The van der Waals surface area contributed by atoms with Crippen LogP contribution >= 0.6 is 0 Å². The fourth-order valence-corrected chi connectivity index (χ4v) is 4.80. The average Bonchev–Trinajstić information content (AvgIpc) is 3.02. The molecule has 1 aliphatic rings. The Morgan fingerprint density at radius 1 is 0.814 bits per heavy atom. The molecule has 3 aromatic carbocycles. The molecule has 11 nitrogen and oxygen atoms in total. The van der Waals surface area contributed by atoms with Crippen LogP contribution in [0.2, 0.25) is 0 Å². The summed E-state index contributed by atoms with van der Waals surface area (Å²) in [5.74, 6) is -0.855. The number of ether oxygens (including phenoxy) is 4. The summed E-state index contributed by atoms with van der Waals surface area (Å²) >= 11 is 0. The standard InChI is InChI=1S/C32H35N3O8/c1-19-29(36)34-26(31(38)42-4)17-24-15-22(11-13-28(24)41-3)21-10-12-27(40-2)23(14-21)16-25(30(37)33-19)35-32(39)43-18-20-8-6-5-7-9-20/h5-15,19,25-26H,16-18H2,1-4H3,(H,33,37)(H,34,36)(H,35,39)/t19-,25-,26-/m0/s1. The quantitative estimate of drug-likeness (QED) is 0.373. The third-order valence-corrected chi connectivity index (χ3v) is 7.12. The van der Waals surface area contributed by atoms with Crippen LogP contribution in [0.5, 0.6) is 11.5 Å². The van der Waals surface area contributed by atoms with E-state index in [9.17, 15) is 19.2 Å². The van der Waals surface area contributed by atoms with Crippen LogP contribution in [0.25, 0.3) is 11.1 Å². The summed E-state index contributed by atoms with van der Waals surface area (Å²) in [5.41, 5.74) is 3.69. The Balaban J connectivity index is 1.73. The number of methoxy groups -OCH3 is 3. The second-order valence-electron chi connectivity index (χ2n) is 10.0. The Morgan fingerprint density at radius 3 is 2.00 bits per heavy atom. The van der Waals surface area contributed by atoms with Gasteiger partial charge < -0.3 is 34.9 Å². The van der Waals surface area contributed by atoms with Gasteiger partial charge in [0.2, 0.25) is 11.8 Å². The van der Waals surface area contributed by atoms with E-state index in [1.165, 1.54) is 28.3 Å². The Hall–Kier alpha value is -5.06. The summed E-state index contributed by atoms with van der Waals surface area (Å²) in [6.07, 6.45) is -0.693. The normalized spacial score (nSPS) is 18.6. The van der Waals surface area contributed by atoms with E-state index < -0.39 is 42.0 Å². The number of carbonyl (C=O) groups is 4. The SMILES string of the molecule is COC(=O)[C@@H]1Cc2cc(ccc2OC)-c2ccc(OC)c(c2)C[C@H](NC(=O)OCc2ccccc2)C(=O)N[C@@H](C)C(=O)N1. The summed E-state index contributed by atoms with van der Waals surface area (Å²) in [6.45, 7) is 1.49. The lowest BCUT2D eigenvalue weighted by Gasteiger charge is -2.23. The van der Waals surface area contributed by atoms with Gasteiger partial charge in [-0.1, -0.05) is 42.5 Å². The third kappa shape index (κ3) is 7.82. The van der Waals surface area contributed by atoms with E-state index >= 15 is 0 Å². The lowest BCUT2D eigenvalue weighted by molar-refractivity contribution is -0.145. The first-order chi connectivity index (χ1) is 20.7. The number of rotatable bonds is 6. The monoisotopic (exact) mass is 589 g/mol. The highest BCUT2D eigenvalue weighted by Gasteiger charge is 2.30. The molecule has 226 valence electrons. The van der Waals surface area contributed by atoms with Crippen LogP contribution in [-0.2, 0) is 43.3 Å². The van der Waals surface area contributed by atoms with Crippen molar-refractivity contribution in [3.8, 4) is 22.6 Å². The van der Waals surface area contributed by atoms with Gasteiger partial charge in [0.05, 0.1) is 21.3 Å². The van der Waals surface area contributed by atoms with Crippen LogP contribution in [0.15, 0.2) is 66.7 Å². The van der Waals surface area contributed by atoms with E-state index in [1.807, 2.05) is 54.6 Å². The minimum atomic E-state index is -1.13. The molecule has 3 atom stereocenters. The van der Waals surface area contributed by atoms with Crippen LogP contribution in [0, 0.1) is 0 Å². The minimum Gasteiger partial charge on any atom is -0.496 e. The number of nitrogens with one attached hydrogen (secondary N) is 3. The molecule has 3 N–H and O–H groups in total. The van der Waals surface area contributed by atoms with Crippen molar-refractivity contribution in [1.29, 1.82) is 0 Å². The van der Waals surface area contributed by atoms with Gasteiger partial charge in [0.15, 0.2) is 0 Å². The van der Waals surface area contributed by atoms with Crippen LogP contribution in [0.4, 0.5) is 4.79 Å². The van der Waals surface area contributed by atoms with Gasteiger partial charge in [0.1, 0.15) is 36.2 Å². The first kappa shape index (κ1) is 30.9. The zero-order chi connectivity index (χ0) is 30.9. The topological polar surface area (TPSA) is 141 Å². The molecule has 43 heavy (non-hydrogen) atoms. The van der Waals surface area contributed by atoms with Crippen molar-refractivity contribution in [2.45, 2.75) is 44.5 Å². The molecule has 0 spiro atoms. The van der Waals surface area contributed by atoms with Crippen molar-refractivity contribution in [3.63, 3.8) is 0 Å². The van der Waals surface area contributed by atoms with E-state index in [0.717, 1.165) is 16.7 Å². The fourth-order valence-electron chi connectivity index (χ4n) is 4.80. The molecule has 0 saturated heterocycles.